The molecule has 3 heteroatoms. The largest absolute Gasteiger partial charge is 0.494 e. The Morgan fingerprint density at radius 3 is 2.17 bits per heavy atom. The summed E-state index contributed by atoms with van der Waals surface area (Å²) in [6.07, 6.45) is 8.53. The smallest absolute Gasteiger partial charge is 0.248 e. The Hall–Kier alpha value is -2.55. The van der Waals surface area contributed by atoms with E-state index in [0.29, 0.717) is 0 Å². The van der Waals surface area contributed by atoms with Gasteiger partial charge in [0.15, 0.2) is 0 Å². The number of hydrogen-bond donors (Lipinski definition) is 0. The van der Waals surface area contributed by atoms with Gasteiger partial charge in [-0.2, -0.15) is 0 Å². The predicted molar refractivity (Wildman–Crippen MR) is 97.5 cm³/mol. The number of hydrogen-bond acceptors (Lipinski definition) is 1. The Morgan fingerprint density at radius 2 is 1.54 bits per heavy atom. The summed E-state index contributed by atoms with van der Waals surface area (Å²) in [5.74, 6) is 0.935. The van der Waals surface area contributed by atoms with Crippen LogP contribution < -0.4 is 9.30 Å². The Balaban J connectivity index is 1.73. The molecule has 0 saturated heterocycles. The summed E-state index contributed by atoms with van der Waals surface area (Å²) < 4.78 is 10.0. The molecule has 0 aliphatic carbocycles. The molecule has 0 aliphatic heterocycles. The van der Waals surface area contributed by atoms with Gasteiger partial charge in [0.25, 0.3) is 0 Å². The zero-order valence-corrected chi connectivity index (χ0v) is 14.5. The highest BCUT2D eigenvalue weighted by atomic mass is 16.5. The molecule has 24 heavy (non-hydrogen) atoms. The number of ether oxygens (including phenoxy) is 1. The molecular formula is C21H25N2O+. The van der Waals surface area contributed by atoms with Gasteiger partial charge < -0.3 is 4.74 Å². The first kappa shape index (κ1) is 16.3. The molecule has 0 aliphatic rings. The van der Waals surface area contributed by atoms with Crippen LogP contribution in [0.2, 0.25) is 0 Å². The van der Waals surface area contributed by atoms with E-state index in [2.05, 4.69) is 78.1 Å². The Labute approximate surface area is 144 Å². The second-order valence-electron chi connectivity index (χ2n) is 5.98. The van der Waals surface area contributed by atoms with Crippen LogP contribution in [0.25, 0.3) is 16.8 Å². The fourth-order valence-corrected chi connectivity index (χ4v) is 2.73. The molecule has 0 radical (unpaired) electrons. The third-order valence-corrected chi connectivity index (χ3v) is 4.00. The van der Waals surface area contributed by atoms with Crippen molar-refractivity contribution in [3.8, 4) is 22.6 Å². The van der Waals surface area contributed by atoms with Crippen molar-refractivity contribution in [2.45, 2.75) is 33.2 Å². The van der Waals surface area contributed by atoms with Gasteiger partial charge in [0, 0.05) is 0 Å². The van der Waals surface area contributed by atoms with Crippen LogP contribution in [0.3, 0.4) is 0 Å². The average Bonchev–Trinajstić information content (AvgIpc) is 3.10. The van der Waals surface area contributed by atoms with Gasteiger partial charge in [-0.15, -0.1) is 0 Å². The minimum absolute atomic E-state index is 0.767. The minimum Gasteiger partial charge on any atom is -0.494 e. The van der Waals surface area contributed by atoms with E-state index in [1.165, 1.54) is 16.8 Å². The number of aryl methyl sites for hydroxylation is 1. The summed E-state index contributed by atoms with van der Waals surface area (Å²) >= 11 is 0. The van der Waals surface area contributed by atoms with Crippen molar-refractivity contribution < 1.29 is 9.30 Å². The molecule has 124 valence electrons. The van der Waals surface area contributed by atoms with Crippen LogP contribution in [-0.4, -0.2) is 11.2 Å². The van der Waals surface area contributed by atoms with Crippen molar-refractivity contribution >= 4 is 0 Å². The monoisotopic (exact) mass is 321 g/mol. The average molecular weight is 321 g/mol. The first-order valence-corrected chi connectivity index (χ1v) is 8.71. The van der Waals surface area contributed by atoms with E-state index in [9.17, 15) is 0 Å². The van der Waals surface area contributed by atoms with Crippen LogP contribution in [0, 0.1) is 0 Å². The van der Waals surface area contributed by atoms with Crippen LogP contribution in [-0.2, 0) is 6.54 Å². The van der Waals surface area contributed by atoms with E-state index >= 15 is 0 Å². The Morgan fingerprint density at radius 1 is 0.875 bits per heavy atom. The molecule has 0 N–H and O–H groups in total. The zero-order valence-electron chi connectivity index (χ0n) is 14.5. The summed E-state index contributed by atoms with van der Waals surface area (Å²) in [5.41, 5.74) is 3.60. The molecule has 3 nitrogen and oxygen atoms in total. The standard InChI is InChI=1S/C21H25N2O/c1-3-13-22-14-15-23(17-22)20-9-5-18(6-10-20)19-7-11-21(12-8-19)24-16-4-2/h5-12,14-15,17H,3-4,13,16H2,1-2H3/q+1. The molecule has 0 fully saturated rings. The summed E-state index contributed by atoms with van der Waals surface area (Å²) in [6, 6.07) is 17.0. The maximum Gasteiger partial charge on any atom is 0.248 e. The molecule has 1 aromatic heterocycles. The maximum atomic E-state index is 5.64. The van der Waals surface area contributed by atoms with Crippen LogP contribution in [0.1, 0.15) is 26.7 Å². The topological polar surface area (TPSA) is 18.0 Å². The third-order valence-electron chi connectivity index (χ3n) is 4.00. The number of benzene rings is 2. The first-order chi connectivity index (χ1) is 11.8. The lowest BCUT2D eigenvalue weighted by atomic mass is 10.1. The molecule has 1 heterocycles. The lowest BCUT2D eigenvalue weighted by molar-refractivity contribution is -0.696. The predicted octanol–water partition coefficient (Wildman–Crippen LogP) is 4.63. The van der Waals surface area contributed by atoms with E-state index < -0.39 is 0 Å². The van der Waals surface area contributed by atoms with Gasteiger partial charge in [-0.1, -0.05) is 38.1 Å². The molecule has 0 unspecified atom stereocenters. The molecule has 0 atom stereocenters. The van der Waals surface area contributed by atoms with Gasteiger partial charge >= 0.3 is 0 Å². The van der Waals surface area contributed by atoms with Gasteiger partial charge in [-0.3, -0.25) is 0 Å². The SMILES string of the molecule is CCCOc1ccc(-c2ccc(-n3cc[n+](CCC)c3)cc2)cc1. The van der Waals surface area contributed by atoms with E-state index in [0.717, 1.165) is 31.7 Å². The number of aromatic nitrogens is 2. The summed E-state index contributed by atoms with van der Waals surface area (Å²) in [5, 5.41) is 0. The first-order valence-electron chi connectivity index (χ1n) is 8.71. The van der Waals surface area contributed by atoms with Gasteiger partial charge in [-0.05, 0) is 48.2 Å². The molecule has 0 bridgehead atoms. The highest BCUT2D eigenvalue weighted by molar-refractivity contribution is 5.65. The van der Waals surface area contributed by atoms with E-state index in [-0.39, 0.29) is 0 Å². The summed E-state index contributed by atoms with van der Waals surface area (Å²) in [4.78, 5) is 0. The Bertz CT molecular complexity index is 757. The van der Waals surface area contributed by atoms with Crippen molar-refractivity contribution in [3.63, 3.8) is 0 Å². The van der Waals surface area contributed by atoms with Crippen LogP contribution >= 0.6 is 0 Å². The van der Waals surface area contributed by atoms with Crippen LogP contribution in [0.15, 0.2) is 67.3 Å². The maximum absolute atomic E-state index is 5.64. The van der Waals surface area contributed by atoms with Gasteiger partial charge in [-0.25, -0.2) is 9.13 Å². The quantitative estimate of drug-likeness (QED) is 0.580. The molecular weight excluding hydrogens is 296 g/mol. The lowest BCUT2D eigenvalue weighted by Gasteiger charge is -2.06. The number of rotatable bonds is 7. The highest BCUT2D eigenvalue weighted by Crippen LogP contribution is 2.23. The van der Waals surface area contributed by atoms with Crippen molar-refractivity contribution in [2.24, 2.45) is 0 Å². The highest BCUT2D eigenvalue weighted by Gasteiger charge is 2.06. The summed E-state index contributed by atoms with van der Waals surface area (Å²) in [7, 11) is 0. The molecule has 0 saturated carbocycles. The summed E-state index contributed by atoms with van der Waals surface area (Å²) in [6.45, 7) is 6.13. The minimum atomic E-state index is 0.767. The number of imidazole rings is 1. The van der Waals surface area contributed by atoms with E-state index in [1.54, 1.807) is 0 Å². The van der Waals surface area contributed by atoms with Crippen molar-refractivity contribution in [3.05, 3.63) is 67.3 Å². The van der Waals surface area contributed by atoms with Crippen molar-refractivity contribution in [1.29, 1.82) is 0 Å². The van der Waals surface area contributed by atoms with Crippen molar-refractivity contribution in [1.82, 2.24) is 4.57 Å². The fraction of sp³-hybridized carbons (Fsp3) is 0.286. The molecule has 3 aromatic rings. The van der Waals surface area contributed by atoms with E-state index in [4.69, 9.17) is 4.74 Å². The van der Waals surface area contributed by atoms with Crippen molar-refractivity contribution in [2.75, 3.05) is 6.61 Å². The second kappa shape index (κ2) is 7.82. The Kier molecular flexibility index (Phi) is 5.32. The fourth-order valence-electron chi connectivity index (χ4n) is 2.73. The van der Waals surface area contributed by atoms with E-state index in [1.807, 2.05) is 12.1 Å². The van der Waals surface area contributed by atoms with Gasteiger partial charge in [0.05, 0.1) is 13.2 Å². The molecule has 2 aromatic carbocycles. The lowest BCUT2D eigenvalue weighted by Crippen LogP contribution is -2.30. The second-order valence-corrected chi connectivity index (χ2v) is 5.98. The van der Waals surface area contributed by atoms with Crippen LogP contribution in [0.4, 0.5) is 0 Å². The molecule has 0 amide bonds. The molecule has 0 spiro atoms. The molecule has 3 rings (SSSR count). The number of nitrogens with zero attached hydrogens (tertiary/aromatic N) is 2. The normalized spacial score (nSPS) is 10.8. The van der Waals surface area contributed by atoms with Gasteiger partial charge in [0.2, 0.25) is 6.33 Å². The van der Waals surface area contributed by atoms with Gasteiger partial charge in [0.1, 0.15) is 23.8 Å². The van der Waals surface area contributed by atoms with Crippen LogP contribution in [0.5, 0.6) is 5.75 Å². The third kappa shape index (κ3) is 3.85. The zero-order chi connectivity index (χ0) is 16.8.